The molecule has 0 heterocycles. The van der Waals surface area contributed by atoms with Crippen LogP contribution in [0.15, 0.2) is 18.2 Å². The number of hydrogen-bond donors (Lipinski definition) is 2. The molecular formula is C16H24Cl2N2O2. The van der Waals surface area contributed by atoms with Gasteiger partial charge in [-0.1, -0.05) is 30.1 Å². The van der Waals surface area contributed by atoms with E-state index in [1.807, 2.05) is 39.8 Å². The van der Waals surface area contributed by atoms with Crippen molar-refractivity contribution in [2.45, 2.75) is 52.3 Å². The van der Waals surface area contributed by atoms with E-state index in [1.54, 1.807) is 6.07 Å². The van der Waals surface area contributed by atoms with Gasteiger partial charge in [0.15, 0.2) is 0 Å². The normalized spacial score (nSPS) is 12.8. The predicted molar refractivity (Wildman–Crippen MR) is 91.6 cm³/mol. The molecule has 0 aliphatic carbocycles. The van der Waals surface area contributed by atoms with Gasteiger partial charge in [-0.15, -0.1) is 0 Å². The fourth-order valence-corrected chi connectivity index (χ4v) is 2.45. The smallest absolute Gasteiger partial charge is 0.407 e. The summed E-state index contributed by atoms with van der Waals surface area (Å²) in [7, 11) is 0. The highest BCUT2D eigenvalue weighted by atomic mass is 35.5. The molecule has 1 aromatic carbocycles. The third kappa shape index (κ3) is 7.87. The Morgan fingerprint density at radius 2 is 1.82 bits per heavy atom. The van der Waals surface area contributed by atoms with E-state index in [1.165, 1.54) is 0 Å². The van der Waals surface area contributed by atoms with Crippen LogP contribution in [0.2, 0.25) is 10.0 Å². The fourth-order valence-electron chi connectivity index (χ4n) is 1.88. The lowest BCUT2D eigenvalue weighted by atomic mass is 10.2. The van der Waals surface area contributed by atoms with Gasteiger partial charge in [-0.2, -0.15) is 0 Å². The van der Waals surface area contributed by atoms with Gasteiger partial charge < -0.3 is 15.4 Å². The summed E-state index contributed by atoms with van der Waals surface area (Å²) in [5.74, 6) is 0. The van der Waals surface area contributed by atoms with Crippen LogP contribution < -0.4 is 10.6 Å². The molecule has 0 aliphatic rings. The van der Waals surface area contributed by atoms with E-state index in [4.69, 9.17) is 27.9 Å². The van der Waals surface area contributed by atoms with Gasteiger partial charge in [0.2, 0.25) is 0 Å². The van der Waals surface area contributed by atoms with E-state index in [9.17, 15) is 4.79 Å². The summed E-state index contributed by atoms with van der Waals surface area (Å²) < 4.78 is 5.25. The van der Waals surface area contributed by atoms with Gasteiger partial charge >= 0.3 is 6.09 Å². The Labute approximate surface area is 142 Å². The number of benzene rings is 1. The molecule has 124 valence electrons. The van der Waals surface area contributed by atoms with Crippen molar-refractivity contribution in [2.24, 2.45) is 0 Å². The lowest BCUT2D eigenvalue weighted by Crippen LogP contribution is -2.43. The second-order valence-electron chi connectivity index (χ2n) is 6.16. The van der Waals surface area contributed by atoms with Crippen LogP contribution in [0, 0.1) is 0 Å². The minimum absolute atomic E-state index is 0.00417. The number of halogens is 2. The van der Waals surface area contributed by atoms with Crippen molar-refractivity contribution in [3.05, 3.63) is 33.8 Å². The first-order valence-electron chi connectivity index (χ1n) is 7.35. The highest BCUT2D eigenvalue weighted by molar-refractivity contribution is 6.34. The summed E-state index contributed by atoms with van der Waals surface area (Å²) in [6.07, 6.45) is 0.412. The van der Waals surface area contributed by atoms with Crippen LogP contribution in [-0.4, -0.2) is 24.3 Å². The number of hydrogen-bond acceptors (Lipinski definition) is 3. The second kappa shape index (κ2) is 8.61. The Bertz CT molecular complexity index is 481. The van der Waals surface area contributed by atoms with Crippen molar-refractivity contribution in [3.63, 3.8) is 0 Å². The van der Waals surface area contributed by atoms with Crippen molar-refractivity contribution in [1.29, 1.82) is 0 Å². The molecule has 1 aromatic rings. The first kappa shape index (κ1) is 19.1. The molecule has 22 heavy (non-hydrogen) atoms. The maximum Gasteiger partial charge on any atom is 0.407 e. The second-order valence-corrected chi connectivity index (χ2v) is 7.03. The van der Waals surface area contributed by atoms with Gasteiger partial charge in [0, 0.05) is 29.2 Å². The van der Waals surface area contributed by atoms with E-state index in [0.717, 1.165) is 12.0 Å². The zero-order chi connectivity index (χ0) is 16.8. The number of alkyl carbamates (subject to hydrolysis) is 1. The lowest BCUT2D eigenvalue weighted by molar-refractivity contribution is 0.0502. The topological polar surface area (TPSA) is 50.4 Å². The largest absolute Gasteiger partial charge is 0.444 e. The predicted octanol–water partition coefficient (Wildman–Crippen LogP) is 4.39. The minimum atomic E-state index is -0.493. The average Bonchev–Trinajstić information content (AvgIpc) is 2.34. The Hall–Kier alpha value is -0.970. The van der Waals surface area contributed by atoms with Crippen LogP contribution in [0.4, 0.5) is 4.79 Å². The highest BCUT2D eigenvalue weighted by Gasteiger charge is 2.18. The van der Waals surface area contributed by atoms with Gasteiger partial charge in [0.05, 0.1) is 0 Å². The molecule has 1 amide bonds. The number of nitrogens with one attached hydrogen (secondary N) is 2. The molecule has 0 aromatic heterocycles. The summed E-state index contributed by atoms with van der Waals surface area (Å²) in [4.78, 5) is 11.8. The monoisotopic (exact) mass is 346 g/mol. The molecule has 0 radical (unpaired) electrons. The van der Waals surface area contributed by atoms with Crippen LogP contribution in [-0.2, 0) is 11.3 Å². The first-order valence-corrected chi connectivity index (χ1v) is 8.10. The van der Waals surface area contributed by atoms with E-state index in [0.29, 0.717) is 23.1 Å². The SMILES string of the molecule is CCC(CNCc1cc(Cl)cc(Cl)c1)NC(=O)OC(C)(C)C. The van der Waals surface area contributed by atoms with Crippen LogP contribution in [0.3, 0.4) is 0 Å². The number of ether oxygens (including phenoxy) is 1. The van der Waals surface area contributed by atoms with Gasteiger partial charge in [-0.05, 0) is 51.0 Å². The molecular weight excluding hydrogens is 323 g/mol. The Balaban J connectivity index is 2.42. The zero-order valence-electron chi connectivity index (χ0n) is 13.5. The summed E-state index contributed by atoms with van der Waals surface area (Å²) >= 11 is 11.9. The Morgan fingerprint density at radius 3 is 2.32 bits per heavy atom. The maximum absolute atomic E-state index is 11.8. The zero-order valence-corrected chi connectivity index (χ0v) is 15.0. The third-order valence-corrected chi connectivity index (χ3v) is 3.29. The minimum Gasteiger partial charge on any atom is -0.444 e. The molecule has 0 bridgehead atoms. The van der Waals surface area contributed by atoms with Gasteiger partial charge in [0.25, 0.3) is 0 Å². The van der Waals surface area contributed by atoms with Gasteiger partial charge in [-0.25, -0.2) is 4.79 Å². The first-order chi connectivity index (χ1) is 10.2. The summed E-state index contributed by atoms with van der Waals surface area (Å²) in [6.45, 7) is 8.81. The molecule has 0 spiro atoms. The summed E-state index contributed by atoms with van der Waals surface area (Å²) in [5, 5.41) is 7.37. The molecule has 1 unspecified atom stereocenters. The molecule has 1 rings (SSSR count). The molecule has 4 nitrogen and oxygen atoms in total. The highest BCUT2D eigenvalue weighted by Crippen LogP contribution is 2.18. The third-order valence-electron chi connectivity index (χ3n) is 2.86. The molecule has 0 aliphatic heterocycles. The van der Waals surface area contributed by atoms with Crippen molar-refractivity contribution in [3.8, 4) is 0 Å². The maximum atomic E-state index is 11.8. The molecule has 2 N–H and O–H groups in total. The van der Waals surface area contributed by atoms with Gasteiger partial charge in [0.1, 0.15) is 5.60 Å². The van der Waals surface area contributed by atoms with Gasteiger partial charge in [-0.3, -0.25) is 0 Å². The standard InChI is InChI=1S/C16H24Cl2N2O2/c1-5-14(20-15(21)22-16(2,3)4)10-19-9-11-6-12(17)8-13(18)7-11/h6-8,14,19H,5,9-10H2,1-4H3,(H,20,21). The van der Waals surface area contributed by atoms with E-state index < -0.39 is 11.7 Å². The Morgan fingerprint density at radius 1 is 1.23 bits per heavy atom. The van der Waals surface area contributed by atoms with Crippen molar-refractivity contribution < 1.29 is 9.53 Å². The summed E-state index contributed by atoms with van der Waals surface area (Å²) in [5.41, 5.74) is 0.512. The van der Waals surface area contributed by atoms with E-state index in [2.05, 4.69) is 10.6 Å². The molecule has 1 atom stereocenters. The van der Waals surface area contributed by atoms with Crippen molar-refractivity contribution in [2.75, 3.05) is 6.54 Å². The number of amides is 1. The Kier molecular flexibility index (Phi) is 7.46. The van der Waals surface area contributed by atoms with Crippen LogP contribution in [0.25, 0.3) is 0 Å². The quantitative estimate of drug-likeness (QED) is 0.803. The molecule has 0 saturated carbocycles. The molecule has 0 fully saturated rings. The lowest BCUT2D eigenvalue weighted by Gasteiger charge is -2.23. The number of carbonyl (C=O) groups is 1. The average molecular weight is 347 g/mol. The fraction of sp³-hybridized carbons (Fsp3) is 0.562. The van der Waals surface area contributed by atoms with Crippen LogP contribution >= 0.6 is 23.2 Å². The molecule has 0 saturated heterocycles. The number of carbonyl (C=O) groups excluding carboxylic acids is 1. The van der Waals surface area contributed by atoms with Crippen LogP contribution in [0.1, 0.15) is 39.7 Å². The number of rotatable bonds is 6. The van der Waals surface area contributed by atoms with Crippen molar-refractivity contribution in [1.82, 2.24) is 10.6 Å². The molecule has 6 heteroatoms. The van der Waals surface area contributed by atoms with E-state index in [-0.39, 0.29) is 6.04 Å². The van der Waals surface area contributed by atoms with E-state index >= 15 is 0 Å². The summed E-state index contributed by atoms with van der Waals surface area (Å²) in [6, 6.07) is 5.43. The van der Waals surface area contributed by atoms with Crippen LogP contribution in [0.5, 0.6) is 0 Å². The van der Waals surface area contributed by atoms with Crippen molar-refractivity contribution >= 4 is 29.3 Å².